The SMILES string of the molecule is COc1cc2c(cc1C)C13CCN4CC=CC(C41)C(O)[C@](O)(C(=O)NN)C3N2. The number of hydrogen-bond donors (Lipinski definition) is 5. The highest BCUT2D eigenvalue weighted by atomic mass is 16.5. The normalized spacial score (nSPS) is 40.3. The van der Waals surface area contributed by atoms with Crippen LogP contribution >= 0.6 is 0 Å². The summed E-state index contributed by atoms with van der Waals surface area (Å²) in [4.78, 5) is 15.1. The highest BCUT2D eigenvalue weighted by Gasteiger charge is 2.73. The zero-order valence-electron chi connectivity index (χ0n) is 16.0. The lowest BCUT2D eigenvalue weighted by Crippen LogP contribution is -2.77. The number of fused-ring (bicyclic) bond motifs is 1. The largest absolute Gasteiger partial charge is 0.496 e. The highest BCUT2D eigenvalue weighted by Crippen LogP contribution is 2.61. The number of hydrogen-bond acceptors (Lipinski definition) is 7. The number of amides is 1. The summed E-state index contributed by atoms with van der Waals surface area (Å²) >= 11 is 0. The molecule has 1 saturated heterocycles. The molecule has 6 N–H and O–H groups in total. The fraction of sp³-hybridized carbons (Fsp3) is 0.550. The van der Waals surface area contributed by atoms with E-state index in [4.69, 9.17) is 10.6 Å². The molecular weight excluding hydrogens is 360 g/mol. The molecule has 1 aromatic carbocycles. The number of nitrogens with two attached hydrogens (primary N) is 1. The van der Waals surface area contributed by atoms with E-state index < -0.39 is 29.1 Å². The maximum Gasteiger partial charge on any atom is 0.270 e. The van der Waals surface area contributed by atoms with Gasteiger partial charge in [0.05, 0.1) is 13.2 Å². The molecule has 1 spiro atoms. The predicted octanol–water partition coefficient (Wildman–Crippen LogP) is -0.609. The third-order valence-electron chi connectivity index (χ3n) is 7.40. The van der Waals surface area contributed by atoms with Gasteiger partial charge in [-0.3, -0.25) is 15.1 Å². The van der Waals surface area contributed by atoms with E-state index in [1.54, 1.807) is 7.11 Å². The smallest absolute Gasteiger partial charge is 0.270 e. The molecule has 5 rings (SSSR count). The summed E-state index contributed by atoms with van der Waals surface area (Å²) in [7, 11) is 1.62. The van der Waals surface area contributed by atoms with E-state index in [1.807, 2.05) is 25.1 Å². The van der Waals surface area contributed by atoms with Gasteiger partial charge in [0, 0.05) is 35.7 Å². The fourth-order valence-electron chi connectivity index (χ4n) is 6.28. The van der Waals surface area contributed by atoms with Crippen molar-refractivity contribution in [2.45, 2.75) is 42.5 Å². The number of nitrogens with one attached hydrogen (secondary N) is 2. The van der Waals surface area contributed by atoms with Crippen molar-refractivity contribution in [2.24, 2.45) is 11.8 Å². The van der Waals surface area contributed by atoms with Crippen LogP contribution < -0.4 is 21.3 Å². The van der Waals surface area contributed by atoms with E-state index in [0.717, 1.165) is 42.1 Å². The zero-order chi connectivity index (χ0) is 19.8. The predicted molar refractivity (Wildman–Crippen MR) is 103 cm³/mol. The molecule has 2 fully saturated rings. The van der Waals surface area contributed by atoms with Crippen LogP contribution in [0.2, 0.25) is 0 Å². The molecule has 150 valence electrons. The van der Waals surface area contributed by atoms with Gasteiger partial charge in [0.15, 0.2) is 5.60 Å². The van der Waals surface area contributed by atoms with Crippen LogP contribution in [0, 0.1) is 12.8 Å². The second kappa shape index (κ2) is 5.70. The molecule has 4 aliphatic rings. The summed E-state index contributed by atoms with van der Waals surface area (Å²) < 4.78 is 5.48. The molecule has 8 nitrogen and oxygen atoms in total. The number of carbonyl (C=O) groups excluding carboxylic acids is 1. The minimum atomic E-state index is -2.06. The molecule has 0 aromatic heterocycles. The summed E-state index contributed by atoms with van der Waals surface area (Å²) in [6, 6.07) is 3.31. The van der Waals surface area contributed by atoms with Crippen LogP contribution in [0.15, 0.2) is 24.3 Å². The molecule has 3 aliphatic heterocycles. The molecular formula is C20H26N4O4. The lowest BCUT2D eigenvalue weighted by Gasteiger charge is -2.56. The van der Waals surface area contributed by atoms with E-state index in [1.165, 1.54) is 0 Å². The van der Waals surface area contributed by atoms with Gasteiger partial charge in [-0.1, -0.05) is 12.2 Å². The van der Waals surface area contributed by atoms with Crippen LogP contribution in [0.1, 0.15) is 17.5 Å². The van der Waals surface area contributed by atoms with E-state index in [-0.39, 0.29) is 12.0 Å². The van der Waals surface area contributed by atoms with Crippen molar-refractivity contribution in [3.63, 3.8) is 0 Å². The lowest BCUT2D eigenvalue weighted by molar-refractivity contribution is -0.179. The number of benzene rings is 1. The van der Waals surface area contributed by atoms with E-state index in [0.29, 0.717) is 0 Å². The number of aliphatic hydroxyl groups excluding tert-OH is 1. The van der Waals surface area contributed by atoms with Gasteiger partial charge in [0.1, 0.15) is 11.9 Å². The Morgan fingerprint density at radius 1 is 1.46 bits per heavy atom. The van der Waals surface area contributed by atoms with Gasteiger partial charge in [0.25, 0.3) is 5.91 Å². The molecule has 0 radical (unpaired) electrons. The monoisotopic (exact) mass is 386 g/mol. The van der Waals surface area contributed by atoms with Crippen LogP contribution in [0.25, 0.3) is 0 Å². The molecule has 1 amide bonds. The number of anilines is 1. The van der Waals surface area contributed by atoms with Gasteiger partial charge < -0.3 is 20.3 Å². The van der Waals surface area contributed by atoms with Gasteiger partial charge in [-0.25, -0.2) is 5.84 Å². The zero-order valence-corrected chi connectivity index (χ0v) is 16.0. The third-order valence-corrected chi connectivity index (χ3v) is 7.40. The second-order valence-corrected chi connectivity index (χ2v) is 8.42. The van der Waals surface area contributed by atoms with Crippen LogP contribution in [0.3, 0.4) is 0 Å². The summed E-state index contributed by atoms with van der Waals surface area (Å²) in [5.41, 5.74) is 2.40. The maximum atomic E-state index is 12.8. The molecule has 1 aromatic rings. The molecule has 1 aliphatic carbocycles. The van der Waals surface area contributed by atoms with Crippen molar-refractivity contribution >= 4 is 11.6 Å². The Morgan fingerprint density at radius 3 is 2.96 bits per heavy atom. The van der Waals surface area contributed by atoms with Gasteiger partial charge in [-0.15, -0.1) is 0 Å². The van der Waals surface area contributed by atoms with Crippen molar-refractivity contribution in [2.75, 3.05) is 25.5 Å². The number of rotatable bonds is 2. The van der Waals surface area contributed by atoms with Gasteiger partial charge in [-0.05, 0) is 37.1 Å². The Balaban J connectivity index is 1.77. The Labute approximate surface area is 163 Å². The Hall–Kier alpha value is -2.13. The molecule has 5 unspecified atom stereocenters. The lowest BCUT2D eigenvalue weighted by atomic mass is 9.54. The molecule has 0 bridgehead atoms. The summed E-state index contributed by atoms with van der Waals surface area (Å²) in [6.45, 7) is 3.63. The number of carbonyl (C=O) groups is 1. The molecule has 6 atom stereocenters. The van der Waals surface area contributed by atoms with E-state index in [9.17, 15) is 15.0 Å². The van der Waals surface area contributed by atoms with Crippen molar-refractivity contribution in [1.29, 1.82) is 0 Å². The summed E-state index contributed by atoms with van der Waals surface area (Å²) in [5, 5.41) is 26.1. The standard InChI is InChI=1S/C20H26N4O4/c1-10-8-12-13(9-14(10)28-2)22-17-19(12)5-7-24-6-3-4-11(15(19)24)16(25)20(17,27)18(26)23-21/h3-4,8-9,11,15-17,22,25,27H,5-7,21H2,1-2H3,(H,23,26)/t11?,15?,16?,17?,19?,20-/m1/s1. The first-order valence-corrected chi connectivity index (χ1v) is 9.67. The quantitative estimate of drug-likeness (QED) is 0.199. The first kappa shape index (κ1) is 17.9. The van der Waals surface area contributed by atoms with Crippen LogP contribution in [0.5, 0.6) is 5.75 Å². The van der Waals surface area contributed by atoms with Crippen molar-refractivity contribution < 1.29 is 19.7 Å². The van der Waals surface area contributed by atoms with E-state index >= 15 is 0 Å². The number of nitrogens with zero attached hydrogens (tertiary/aromatic N) is 1. The maximum absolute atomic E-state index is 12.8. The molecule has 1 saturated carbocycles. The Morgan fingerprint density at radius 2 is 2.25 bits per heavy atom. The van der Waals surface area contributed by atoms with Gasteiger partial charge >= 0.3 is 0 Å². The van der Waals surface area contributed by atoms with Crippen LogP contribution in [-0.4, -0.2) is 65.0 Å². The number of ether oxygens (including phenoxy) is 1. The van der Waals surface area contributed by atoms with E-state index in [2.05, 4.69) is 21.7 Å². The summed E-state index contributed by atoms with van der Waals surface area (Å²) in [6.07, 6.45) is 3.45. The first-order chi connectivity index (χ1) is 13.4. The number of aliphatic hydroxyl groups is 2. The fourth-order valence-corrected chi connectivity index (χ4v) is 6.28. The third kappa shape index (κ3) is 1.86. The Bertz CT molecular complexity index is 889. The first-order valence-electron chi connectivity index (χ1n) is 9.67. The number of hydrazine groups is 1. The minimum Gasteiger partial charge on any atom is -0.496 e. The average molecular weight is 386 g/mol. The van der Waals surface area contributed by atoms with Gasteiger partial charge in [0.2, 0.25) is 0 Å². The van der Waals surface area contributed by atoms with Crippen LogP contribution in [-0.2, 0) is 10.2 Å². The molecule has 28 heavy (non-hydrogen) atoms. The van der Waals surface area contributed by atoms with Gasteiger partial charge in [-0.2, -0.15) is 0 Å². The van der Waals surface area contributed by atoms with Crippen molar-refractivity contribution in [3.05, 3.63) is 35.4 Å². The summed E-state index contributed by atoms with van der Waals surface area (Å²) in [5.74, 6) is 5.02. The second-order valence-electron chi connectivity index (χ2n) is 8.42. The Kier molecular flexibility index (Phi) is 3.65. The minimum absolute atomic E-state index is 0.00936. The highest BCUT2D eigenvalue weighted by molar-refractivity contribution is 5.89. The molecule has 3 heterocycles. The van der Waals surface area contributed by atoms with Crippen molar-refractivity contribution in [1.82, 2.24) is 10.3 Å². The topological polar surface area (TPSA) is 120 Å². The van der Waals surface area contributed by atoms with Crippen LogP contribution in [0.4, 0.5) is 5.69 Å². The number of aryl methyl sites for hydroxylation is 1. The average Bonchev–Trinajstić information content (AvgIpc) is 3.25. The molecule has 8 heteroatoms. The van der Waals surface area contributed by atoms with Crippen molar-refractivity contribution in [3.8, 4) is 5.75 Å². The number of methoxy groups -OCH3 is 1.